The lowest BCUT2D eigenvalue weighted by atomic mass is 10.3. The summed E-state index contributed by atoms with van der Waals surface area (Å²) in [6.07, 6.45) is 2.02. The van der Waals surface area contributed by atoms with Crippen LogP contribution >= 0.6 is 23.4 Å². The molecule has 0 aromatic heterocycles. The summed E-state index contributed by atoms with van der Waals surface area (Å²) in [4.78, 5) is 0. The smallest absolute Gasteiger partial charge is 0.0710 e. The molecule has 2 unspecified atom stereocenters. The Hall–Kier alpha value is 0.560. The summed E-state index contributed by atoms with van der Waals surface area (Å²) in [6.45, 7) is 1.26. The molecule has 0 spiro atoms. The van der Waals surface area contributed by atoms with Crippen molar-refractivity contribution < 1.29 is 9.47 Å². The van der Waals surface area contributed by atoms with Gasteiger partial charge in [-0.25, -0.2) is 0 Å². The van der Waals surface area contributed by atoms with E-state index in [0.717, 1.165) is 0 Å². The minimum atomic E-state index is 0.0370. The average molecular weight is 199 g/mol. The molecular weight excluding hydrogens is 184 g/mol. The predicted molar refractivity (Wildman–Crippen MR) is 50.7 cm³/mol. The first-order valence-electron chi connectivity index (χ1n) is 3.41. The van der Waals surface area contributed by atoms with Gasteiger partial charge in [0.15, 0.2) is 0 Å². The SMILES string of the molecule is COCC(Cl)C(COC)SC. The third-order valence-electron chi connectivity index (χ3n) is 1.36. The zero-order chi connectivity index (χ0) is 8.69. The average Bonchev–Trinajstić information content (AvgIpc) is 2.00. The van der Waals surface area contributed by atoms with E-state index in [0.29, 0.717) is 18.5 Å². The second kappa shape index (κ2) is 7.22. The number of halogens is 1. The molecule has 0 radical (unpaired) electrons. The highest BCUT2D eigenvalue weighted by Crippen LogP contribution is 2.16. The van der Waals surface area contributed by atoms with Crippen molar-refractivity contribution in [2.45, 2.75) is 10.6 Å². The zero-order valence-electron chi connectivity index (χ0n) is 7.17. The largest absolute Gasteiger partial charge is 0.383 e. The summed E-state index contributed by atoms with van der Waals surface area (Å²) in [5.41, 5.74) is 0. The minimum Gasteiger partial charge on any atom is -0.383 e. The topological polar surface area (TPSA) is 18.5 Å². The number of hydrogen-bond donors (Lipinski definition) is 0. The molecule has 11 heavy (non-hydrogen) atoms. The van der Waals surface area contributed by atoms with Crippen LogP contribution in [-0.2, 0) is 9.47 Å². The van der Waals surface area contributed by atoms with E-state index in [-0.39, 0.29) is 5.38 Å². The molecule has 0 aliphatic heterocycles. The van der Waals surface area contributed by atoms with Gasteiger partial charge in [0.25, 0.3) is 0 Å². The van der Waals surface area contributed by atoms with E-state index < -0.39 is 0 Å². The molecule has 0 heterocycles. The van der Waals surface area contributed by atoms with Gasteiger partial charge in [-0.05, 0) is 6.26 Å². The van der Waals surface area contributed by atoms with Crippen LogP contribution in [0.4, 0.5) is 0 Å². The molecule has 2 nitrogen and oxygen atoms in total. The van der Waals surface area contributed by atoms with E-state index in [1.807, 2.05) is 6.26 Å². The highest BCUT2D eigenvalue weighted by atomic mass is 35.5. The van der Waals surface area contributed by atoms with Gasteiger partial charge in [-0.15, -0.1) is 11.6 Å². The van der Waals surface area contributed by atoms with Crippen molar-refractivity contribution in [3.05, 3.63) is 0 Å². The molecule has 0 aromatic carbocycles. The normalized spacial score (nSPS) is 16.4. The maximum Gasteiger partial charge on any atom is 0.0710 e. The quantitative estimate of drug-likeness (QED) is 0.605. The fraction of sp³-hybridized carbons (Fsp3) is 1.00. The van der Waals surface area contributed by atoms with Crippen LogP contribution < -0.4 is 0 Å². The molecule has 0 aromatic rings. The van der Waals surface area contributed by atoms with Crippen LogP contribution in [0, 0.1) is 0 Å². The van der Waals surface area contributed by atoms with Crippen molar-refractivity contribution in [1.29, 1.82) is 0 Å². The molecule has 0 rings (SSSR count). The molecule has 0 aliphatic carbocycles. The summed E-state index contributed by atoms with van der Waals surface area (Å²) in [7, 11) is 3.33. The van der Waals surface area contributed by atoms with Crippen molar-refractivity contribution in [3.63, 3.8) is 0 Å². The monoisotopic (exact) mass is 198 g/mol. The van der Waals surface area contributed by atoms with Gasteiger partial charge in [0, 0.05) is 19.5 Å². The maximum atomic E-state index is 6.00. The van der Waals surface area contributed by atoms with Gasteiger partial charge in [-0.1, -0.05) is 0 Å². The Labute approximate surface area is 77.6 Å². The lowest BCUT2D eigenvalue weighted by Gasteiger charge is -2.18. The second-order valence-corrected chi connectivity index (χ2v) is 3.84. The van der Waals surface area contributed by atoms with E-state index >= 15 is 0 Å². The summed E-state index contributed by atoms with van der Waals surface area (Å²) < 4.78 is 9.93. The van der Waals surface area contributed by atoms with Crippen LogP contribution in [0.15, 0.2) is 0 Å². The summed E-state index contributed by atoms with van der Waals surface area (Å²) >= 11 is 7.71. The van der Waals surface area contributed by atoms with Crippen LogP contribution in [0.3, 0.4) is 0 Å². The van der Waals surface area contributed by atoms with Gasteiger partial charge in [-0.3, -0.25) is 0 Å². The number of ether oxygens (including phenoxy) is 2. The molecule has 0 fully saturated rings. The lowest BCUT2D eigenvalue weighted by Crippen LogP contribution is -2.26. The third-order valence-corrected chi connectivity index (χ3v) is 3.01. The molecule has 4 heteroatoms. The second-order valence-electron chi connectivity index (χ2n) is 2.20. The number of thioether (sulfide) groups is 1. The molecule has 68 valence electrons. The highest BCUT2D eigenvalue weighted by Gasteiger charge is 2.17. The van der Waals surface area contributed by atoms with E-state index in [1.165, 1.54) is 0 Å². The minimum absolute atomic E-state index is 0.0370. The fourth-order valence-electron chi connectivity index (χ4n) is 0.751. The highest BCUT2D eigenvalue weighted by molar-refractivity contribution is 7.99. The Morgan fingerprint density at radius 3 is 2.18 bits per heavy atom. The first kappa shape index (κ1) is 11.6. The van der Waals surface area contributed by atoms with Crippen LogP contribution in [0.25, 0.3) is 0 Å². The van der Waals surface area contributed by atoms with Crippen molar-refractivity contribution in [2.24, 2.45) is 0 Å². The molecule has 0 aliphatic rings. The van der Waals surface area contributed by atoms with Crippen LogP contribution in [-0.4, -0.2) is 44.3 Å². The Morgan fingerprint density at radius 2 is 1.82 bits per heavy atom. The van der Waals surface area contributed by atoms with Gasteiger partial charge in [0.05, 0.1) is 18.6 Å². The first-order chi connectivity index (χ1) is 5.26. The van der Waals surface area contributed by atoms with Gasteiger partial charge >= 0.3 is 0 Å². The molecule has 0 saturated carbocycles. The van der Waals surface area contributed by atoms with Crippen molar-refractivity contribution in [1.82, 2.24) is 0 Å². The fourth-order valence-corrected chi connectivity index (χ4v) is 1.90. The van der Waals surface area contributed by atoms with Gasteiger partial charge in [0.1, 0.15) is 0 Å². The van der Waals surface area contributed by atoms with Crippen molar-refractivity contribution in [3.8, 4) is 0 Å². The zero-order valence-corrected chi connectivity index (χ0v) is 8.74. The predicted octanol–water partition coefficient (Wildman–Crippen LogP) is 1.62. The van der Waals surface area contributed by atoms with Crippen LogP contribution in [0.5, 0.6) is 0 Å². The molecule has 0 saturated heterocycles. The van der Waals surface area contributed by atoms with Crippen molar-refractivity contribution >= 4 is 23.4 Å². The summed E-state index contributed by atoms with van der Waals surface area (Å²) in [5, 5.41) is 0.358. The van der Waals surface area contributed by atoms with Gasteiger partial charge in [-0.2, -0.15) is 11.8 Å². The van der Waals surface area contributed by atoms with E-state index in [1.54, 1.807) is 26.0 Å². The molecule has 2 atom stereocenters. The van der Waals surface area contributed by atoms with E-state index in [9.17, 15) is 0 Å². The Balaban J connectivity index is 3.61. The number of rotatable bonds is 6. The Morgan fingerprint density at radius 1 is 1.27 bits per heavy atom. The Bertz CT molecular complexity index is 92.5. The van der Waals surface area contributed by atoms with Crippen LogP contribution in [0.1, 0.15) is 0 Å². The third kappa shape index (κ3) is 4.90. The van der Waals surface area contributed by atoms with Gasteiger partial charge in [0.2, 0.25) is 0 Å². The van der Waals surface area contributed by atoms with E-state index in [2.05, 4.69) is 0 Å². The summed E-state index contributed by atoms with van der Waals surface area (Å²) in [6, 6.07) is 0. The standard InChI is InChI=1S/C7H15ClO2S/c1-9-4-6(8)7(11-3)5-10-2/h6-7H,4-5H2,1-3H3. The number of hydrogen-bond acceptors (Lipinski definition) is 3. The first-order valence-corrected chi connectivity index (χ1v) is 5.13. The maximum absolute atomic E-state index is 6.00. The van der Waals surface area contributed by atoms with Crippen molar-refractivity contribution in [2.75, 3.05) is 33.7 Å². The number of methoxy groups -OCH3 is 2. The molecular formula is C7H15ClO2S. The lowest BCUT2D eigenvalue weighted by molar-refractivity contribution is 0.166. The molecule has 0 bridgehead atoms. The van der Waals surface area contributed by atoms with E-state index in [4.69, 9.17) is 21.1 Å². The Kier molecular flexibility index (Phi) is 7.59. The molecule has 0 amide bonds. The molecule has 0 N–H and O–H groups in total. The number of alkyl halides is 1. The van der Waals surface area contributed by atoms with Crippen LogP contribution in [0.2, 0.25) is 0 Å². The summed E-state index contributed by atoms with van der Waals surface area (Å²) in [5.74, 6) is 0. The van der Waals surface area contributed by atoms with Gasteiger partial charge < -0.3 is 9.47 Å².